The van der Waals surface area contributed by atoms with Crippen molar-refractivity contribution in [1.29, 1.82) is 0 Å². The highest BCUT2D eigenvalue weighted by Crippen LogP contribution is 2.14. The van der Waals surface area contributed by atoms with Gasteiger partial charge in [-0.2, -0.15) is 0 Å². The van der Waals surface area contributed by atoms with Gasteiger partial charge in [-0.25, -0.2) is 5.01 Å². The summed E-state index contributed by atoms with van der Waals surface area (Å²) < 4.78 is 0. The summed E-state index contributed by atoms with van der Waals surface area (Å²) in [4.78, 5) is 0. The van der Waals surface area contributed by atoms with Gasteiger partial charge in [0.1, 0.15) is 0 Å². The number of hydrazine groups is 1. The van der Waals surface area contributed by atoms with E-state index in [1.54, 1.807) is 0 Å². The zero-order valence-electron chi connectivity index (χ0n) is 10.3. The predicted molar refractivity (Wildman–Crippen MR) is 63.0 cm³/mol. The Balaban J connectivity index is 3.70. The summed E-state index contributed by atoms with van der Waals surface area (Å²) in [7, 11) is 0. The molecule has 0 fully saturated rings. The topological polar surface area (TPSA) is 41.3 Å². The van der Waals surface area contributed by atoms with Gasteiger partial charge in [-0.15, -0.1) is 0 Å². The van der Waals surface area contributed by atoms with Crippen LogP contribution < -0.4 is 11.2 Å². The average Bonchev–Trinajstić information content (AvgIpc) is 2.24. The molecule has 0 spiro atoms. The minimum atomic E-state index is 0.0279. The van der Waals surface area contributed by atoms with E-state index in [0.29, 0.717) is 0 Å². The lowest BCUT2D eigenvalue weighted by Crippen LogP contribution is -2.45. The molecule has 14 heavy (non-hydrogen) atoms. The van der Waals surface area contributed by atoms with Gasteiger partial charge in [0.15, 0.2) is 0 Å². The highest BCUT2D eigenvalue weighted by Gasteiger charge is 2.19. The molecular formula is C11H27N3. The van der Waals surface area contributed by atoms with Crippen LogP contribution in [0.15, 0.2) is 0 Å². The van der Waals surface area contributed by atoms with Crippen LogP contribution >= 0.6 is 0 Å². The molecule has 0 aliphatic heterocycles. The zero-order chi connectivity index (χ0) is 11.0. The standard InChI is InChI=1S/C11H27N3/c1-5-11(12,6-2)9-10-13-14(7-3)8-4/h13H,5-10,12H2,1-4H3. The maximum absolute atomic E-state index is 6.21. The maximum atomic E-state index is 6.21. The Labute approximate surface area is 89.0 Å². The van der Waals surface area contributed by atoms with Gasteiger partial charge >= 0.3 is 0 Å². The minimum Gasteiger partial charge on any atom is -0.325 e. The van der Waals surface area contributed by atoms with Gasteiger partial charge in [0.05, 0.1) is 0 Å². The monoisotopic (exact) mass is 201 g/mol. The third-order valence-corrected chi connectivity index (χ3v) is 3.13. The van der Waals surface area contributed by atoms with Crippen molar-refractivity contribution in [2.75, 3.05) is 19.6 Å². The first kappa shape index (κ1) is 13.9. The molecule has 0 heterocycles. The normalized spacial score (nSPS) is 12.4. The number of nitrogens with one attached hydrogen (secondary N) is 1. The van der Waals surface area contributed by atoms with Crippen molar-refractivity contribution >= 4 is 0 Å². The smallest absolute Gasteiger partial charge is 0.0161 e. The molecular weight excluding hydrogens is 174 g/mol. The van der Waals surface area contributed by atoms with Crippen LogP contribution in [0.4, 0.5) is 0 Å². The largest absolute Gasteiger partial charge is 0.325 e. The van der Waals surface area contributed by atoms with Crippen molar-refractivity contribution in [3.05, 3.63) is 0 Å². The first-order valence-electron chi connectivity index (χ1n) is 5.89. The minimum absolute atomic E-state index is 0.0279. The molecule has 0 rings (SSSR count). The summed E-state index contributed by atoms with van der Waals surface area (Å²) in [5.41, 5.74) is 9.63. The number of hydrogen-bond acceptors (Lipinski definition) is 3. The van der Waals surface area contributed by atoms with Crippen molar-refractivity contribution in [2.24, 2.45) is 5.73 Å². The van der Waals surface area contributed by atoms with Crippen LogP contribution in [0.5, 0.6) is 0 Å². The fourth-order valence-corrected chi connectivity index (χ4v) is 1.51. The molecule has 0 aliphatic carbocycles. The molecule has 0 aliphatic rings. The number of rotatable bonds is 8. The van der Waals surface area contributed by atoms with Gasteiger partial charge in [-0.05, 0) is 19.3 Å². The summed E-state index contributed by atoms with van der Waals surface area (Å²) >= 11 is 0. The fraction of sp³-hybridized carbons (Fsp3) is 1.00. The Hall–Kier alpha value is -0.120. The van der Waals surface area contributed by atoms with Crippen LogP contribution in [0.2, 0.25) is 0 Å². The number of hydrogen-bond donors (Lipinski definition) is 2. The van der Waals surface area contributed by atoms with Crippen LogP contribution in [0.3, 0.4) is 0 Å². The van der Waals surface area contributed by atoms with Crippen LogP contribution in [0.25, 0.3) is 0 Å². The molecule has 0 unspecified atom stereocenters. The lowest BCUT2D eigenvalue weighted by molar-refractivity contribution is 0.195. The van der Waals surface area contributed by atoms with Gasteiger partial charge in [-0.3, -0.25) is 5.43 Å². The van der Waals surface area contributed by atoms with E-state index in [0.717, 1.165) is 38.9 Å². The van der Waals surface area contributed by atoms with Gasteiger partial charge in [0.25, 0.3) is 0 Å². The third-order valence-electron chi connectivity index (χ3n) is 3.13. The Bertz CT molecular complexity index is 128. The molecule has 3 nitrogen and oxygen atoms in total. The van der Waals surface area contributed by atoms with E-state index in [2.05, 4.69) is 38.1 Å². The Morgan fingerprint density at radius 2 is 1.57 bits per heavy atom. The number of nitrogens with zero attached hydrogens (tertiary/aromatic N) is 1. The molecule has 86 valence electrons. The molecule has 0 radical (unpaired) electrons. The lowest BCUT2D eigenvalue weighted by Gasteiger charge is -2.28. The molecule has 0 aromatic rings. The van der Waals surface area contributed by atoms with Crippen LogP contribution in [-0.2, 0) is 0 Å². The van der Waals surface area contributed by atoms with Crippen molar-refractivity contribution in [2.45, 2.75) is 52.5 Å². The first-order valence-corrected chi connectivity index (χ1v) is 5.89. The van der Waals surface area contributed by atoms with E-state index in [1.165, 1.54) is 0 Å². The second kappa shape index (κ2) is 7.21. The molecule has 0 amide bonds. The van der Waals surface area contributed by atoms with E-state index in [-0.39, 0.29) is 5.54 Å². The fourth-order valence-electron chi connectivity index (χ4n) is 1.51. The second-order valence-corrected chi connectivity index (χ2v) is 3.90. The van der Waals surface area contributed by atoms with E-state index >= 15 is 0 Å². The van der Waals surface area contributed by atoms with Crippen LogP contribution in [-0.4, -0.2) is 30.2 Å². The summed E-state index contributed by atoms with van der Waals surface area (Å²) in [5, 5.41) is 2.21. The van der Waals surface area contributed by atoms with Gasteiger partial charge < -0.3 is 5.73 Å². The van der Waals surface area contributed by atoms with Gasteiger partial charge in [0, 0.05) is 25.2 Å². The predicted octanol–water partition coefficient (Wildman–Crippen LogP) is 1.74. The van der Waals surface area contributed by atoms with Crippen molar-refractivity contribution in [3.8, 4) is 0 Å². The third kappa shape index (κ3) is 4.94. The first-order chi connectivity index (χ1) is 6.61. The quantitative estimate of drug-likeness (QED) is 0.588. The van der Waals surface area contributed by atoms with Crippen molar-refractivity contribution < 1.29 is 0 Å². The SMILES string of the molecule is CCN(CC)NCCC(N)(CC)CC. The van der Waals surface area contributed by atoms with Crippen LogP contribution in [0, 0.1) is 0 Å². The molecule has 0 aromatic carbocycles. The average molecular weight is 201 g/mol. The van der Waals surface area contributed by atoms with E-state index < -0.39 is 0 Å². The zero-order valence-corrected chi connectivity index (χ0v) is 10.3. The lowest BCUT2D eigenvalue weighted by atomic mass is 9.90. The maximum Gasteiger partial charge on any atom is 0.0161 e. The Morgan fingerprint density at radius 3 is 1.93 bits per heavy atom. The Kier molecular flexibility index (Phi) is 7.15. The highest BCUT2D eigenvalue weighted by molar-refractivity contribution is 4.81. The van der Waals surface area contributed by atoms with Gasteiger partial charge in [0.2, 0.25) is 0 Å². The molecule has 0 aromatic heterocycles. The van der Waals surface area contributed by atoms with Crippen molar-refractivity contribution in [3.63, 3.8) is 0 Å². The molecule has 0 saturated heterocycles. The Morgan fingerprint density at radius 1 is 1.07 bits per heavy atom. The summed E-state index contributed by atoms with van der Waals surface area (Å²) in [6, 6.07) is 0. The highest BCUT2D eigenvalue weighted by atomic mass is 15.5. The summed E-state index contributed by atoms with van der Waals surface area (Å²) in [6.07, 6.45) is 3.17. The van der Waals surface area contributed by atoms with E-state index in [1.807, 2.05) is 0 Å². The van der Waals surface area contributed by atoms with Crippen molar-refractivity contribution in [1.82, 2.24) is 10.4 Å². The van der Waals surface area contributed by atoms with Crippen LogP contribution in [0.1, 0.15) is 47.0 Å². The van der Waals surface area contributed by atoms with E-state index in [4.69, 9.17) is 5.73 Å². The summed E-state index contributed by atoms with van der Waals surface area (Å²) in [6.45, 7) is 11.7. The van der Waals surface area contributed by atoms with Gasteiger partial charge in [-0.1, -0.05) is 27.7 Å². The van der Waals surface area contributed by atoms with E-state index in [9.17, 15) is 0 Å². The number of nitrogens with two attached hydrogens (primary N) is 1. The molecule has 3 N–H and O–H groups in total. The molecule has 0 saturated carbocycles. The summed E-state index contributed by atoms with van der Waals surface area (Å²) in [5.74, 6) is 0. The molecule has 3 heteroatoms. The second-order valence-electron chi connectivity index (χ2n) is 3.90. The molecule has 0 atom stereocenters. The molecule has 0 bridgehead atoms.